The SMILES string of the molecule is CC[C@H](C)NC(=O)NC(=O)COC(=O)[C@H]1CC=CCC1. The molecular weight excluding hydrogens is 260 g/mol. The van der Waals surface area contributed by atoms with Crippen LogP contribution in [0.3, 0.4) is 0 Å². The summed E-state index contributed by atoms with van der Waals surface area (Å²) in [6.07, 6.45) is 6.97. The fourth-order valence-corrected chi connectivity index (χ4v) is 1.79. The Hall–Kier alpha value is -1.85. The van der Waals surface area contributed by atoms with E-state index in [-0.39, 0.29) is 17.9 Å². The Morgan fingerprint density at radius 3 is 2.70 bits per heavy atom. The Balaban J connectivity index is 2.23. The van der Waals surface area contributed by atoms with Crippen LogP contribution in [0, 0.1) is 5.92 Å². The minimum atomic E-state index is -0.620. The van der Waals surface area contributed by atoms with Crippen molar-refractivity contribution < 1.29 is 19.1 Å². The van der Waals surface area contributed by atoms with Gasteiger partial charge in [-0.2, -0.15) is 0 Å². The van der Waals surface area contributed by atoms with E-state index in [4.69, 9.17) is 4.74 Å². The van der Waals surface area contributed by atoms with E-state index >= 15 is 0 Å². The number of carbonyl (C=O) groups excluding carboxylic acids is 3. The van der Waals surface area contributed by atoms with Crippen LogP contribution >= 0.6 is 0 Å². The minimum absolute atomic E-state index is 0.0145. The zero-order valence-electron chi connectivity index (χ0n) is 12.0. The second-order valence-electron chi connectivity index (χ2n) is 4.92. The maximum absolute atomic E-state index is 11.7. The highest BCUT2D eigenvalue weighted by molar-refractivity contribution is 5.95. The fourth-order valence-electron chi connectivity index (χ4n) is 1.79. The average Bonchev–Trinajstić information content (AvgIpc) is 2.45. The Kier molecular flexibility index (Phi) is 6.76. The third kappa shape index (κ3) is 5.86. The van der Waals surface area contributed by atoms with E-state index in [0.717, 1.165) is 19.3 Å². The highest BCUT2D eigenvalue weighted by Gasteiger charge is 2.21. The lowest BCUT2D eigenvalue weighted by Gasteiger charge is -2.16. The second-order valence-corrected chi connectivity index (χ2v) is 4.92. The van der Waals surface area contributed by atoms with E-state index in [0.29, 0.717) is 6.42 Å². The first-order chi connectivity index (χ1) is 9.52. The molecule has 20 heavy (non-hydrogen) atoms. The summed E-state index contributed by atoms with van der Waals surface area (Å²) >= 11 is 0. The van der Waals surface area contributed by atoms with Crippen LogP contribution < -0.4 is 10.6 Å². The maximum Gasteiger partial charge on any atom is 0.321 e. The summed E-state index contributed by atoms with van der Waals surface area (Å²) < 4.78 is 4.91. The van der Waals surface area contributed by atoms with Gasteiger partial charge in [-0.1, -0.05) is 19.1 Å². The van der Waals surface area contributed by atoms with Crippen molar-refractivity contribution in [1.82, 2.24) is 10.6 Å². The molecule has 0 aliphatic heterocycles. The first kappa shape index (κ1) is 16.2. The lowest BCUT2D eigenvalue weighted by atomic mass is 9.95. The molecule has 6 heteroatoms. The van der Waals surface area contributed by atoms with E-state index in [9.17, 15) is 14.4 Å². The molecule has 0 spiro atoms. The third-order valence-corrected chi connectivity index (χ3v) is 3.19. The van der Waals surface area contributed by atoms with E-state index in [1.165, 1.54) is 0 Å². The standard InChI is InChI=1S/C14H22N2O4/c1-3-10(2)15-14(19)16-12(17)9-20-13(18)11-7-5-4-6-8-11/h4-5,10-11H,3,6-9H2,1-2H3,(H2,15,16,17,19)/t10-,11-/m0/s1. The Morgan fingerprint density at radius 1 is 1.35 bits per heavy atom. The molecule has 1 aliphatic rings. The lowest BCUT2D eigenvalue weighted by Crippen LogP contribution is -2.44. The Bertz CT molecular complexity index is 393. The Morgan fingerprint density at radius 2 is 2.10 bits per heavy atom. The number of nitrogens with one attached hydrogen (secondary N) is 2. The smallest absolute Gasteiger partial charge is 0.321 e. The van der Waals surface area contributed by atoms with E-state index < -0.39 is 18.5 Å². The highest BCUT2D eigenvalue weighted by Crippen LogP contribution is 2.19. The molecule has 0 bridgehead atoms. The molecular formula is C14H22N2O4. The van der Waals surface area contributed by atoms with Crippen molar-refractivity contribution >= 4 is 17.9 Å². The van der Waals surface area contributed by atoms with Crippen LogP contribution in [0.5, 0.6) is 0 Å². The van der Waals surface area contributed by atoms with Gasteiger partial charge < -0.3 is 10.1 Å². The van der Waals surface area contributed by atoms with Crippen LogP contribution in [0.15, 0.2) is 12.2 Å². The molecule has 1 aliphatic carbocycles. The minimum Gasteiger partial charge on any atom is -0.455 e. The van der Waals surface area contributed by atoms with Gasteiger partial charge >= 0.3 is 12.0 Å². The van der Waals surface area contributed by atoms with Crippen LogP contribution in [-0.4, -0.2) is 30.6 Å². The summed E-state index contributed by atoms with van der Waals surface area (Å²) in [7, 11) is 0. The van der Waals surface area contributed by atoms with Crippen LogP contribution in [0.1, 0.15) is 39.5 Å². The van der Waals surface area contributed by atoms with Gasteiger partial charge in [-0.15, -0.1) is 0 Å². The van der Waals surface area contributed by atoms with Crippen LogP contribution in [-0.2, 0) is 14.3 Å². The van der Waals surface area contributed by atoms with Crippen molar-refractivity contribution in [3.05, 3.63) is 12.2 Å². The van der Waals surface area contributed by atoms with Gasteiger partial charge in [0.05, 0.1) is 5.92 Å². The second kappa shape index (κ2) is 8.35. The van der Waals surface area contributed by atoms with Gasteiger partial charge in [0, 0.05) is 6.04 Å². The van der Waals surface area contributed by atoms with Gasteiger partial charge in [-0.05, 0) is 32.6 Å². The number of ether oxygens (including phenoxy) is 1. The number of urea groups is 1. The maximum atomic E-state index is 11.7. The number of carbonyl (C=O) groups is 3. The van der Waals surface area contributed by atoms with E-state index in [1.807, 2.05) is 26.0 Å². The zero-order valence-corrected chi connectivity index (χ0v) is 12.0. The van der Waals surface area contributed by atoms with Crippen molar-refractivity contribution in [2.24, 2.45) is 5.92 Å². The highest BCUT2D eigenvalue weighted by atomic mass is 16.5. The molecule has 0 unspecified atom stereocenters. The summed E-state index contributed by atoms with van der Waals surface area (Å²) in [6.45, 7) is 3.33. The van der Waals surface area contributed by atoms with Gasteiger partial charge in [0.15, 0.2) is 6.61 Å². The molecule has 112 valence electrons. The van der Waals surface area contributed by atoms with Gasteiger partial charge in [0.2, 0.25) is 0 Å². The molecule has 0 aromatic heterocycles. The van der Waals surface area contributed by atoms with Gasteiger partial charge in [0.1, 0.15) is 0 Å². The van der Waals surface area contributed by atoms with Crippen LogP contribution in [0.25, 0.3) is 0 Å². The number of imide groups is 1. The molecule has 0 aromatic carbocycles. The largest absolute Gasteiger partial charge is 0.455 e. The predicted octanol–water partition coefficient (Wildman–Crippen LogP) is 1.51. The lowest BCUT2D eigenvalue weighted by molar-refractivity contribution is -0.152. The summed E-state index contributed by atoms with van der Waals surface area (Å²) in [5.74, 6) is -1.18. The molecule has 0 radical (unpaired) electrons. The number of hydrogen-bond acceptors (Lipinski definition) is 4. The van der Waals surface area contributed by atoms with Crippen LogP contribution in [0.4, 0.5) is 4.79 Å². The number of rotatable bonds is 5. The van der Waals surface area contributed by atoms with Crippen molar-refractivity contribution in [2.75, 3.05) is 6.61 Å². The molecule has 0 saturated heterocycles. The normalized spacial score (nSPS) is 19.0. The van der Waals surface area contributed by atoms with Crippen molar-refractivity contribution in [1.29, 1.82) is 0 Å². The number of allylic oxidation sites excluding steroid dienone is 2. The topological polar surface area (TPSA) is 84.5 Å². The molecule has 1 rings (SSSR count). The summed E-state index contributed by atoms with van der Waals surface area (Å²) in [4.78, 5) is 34.5. The van der Waals surface area contributed by atoms with Crippen LogP contribution in [0.2, 0.25) is 0 Å². The summed E-state index contributed by atoms with van der Waals surface area (Å²) in [5, 5.41) is 4.71. The molecule has 0 aromatic rings. The molecule has 0 fully saturated rings. The van der Waals surface area contributed by atoms with Crippen molar-refractivity contribution in [2.45, 2.75) is 45.6 Å². The number of amides is 3. The Labute approximate surface area is 118 Å². The fraction of sp³-hybridized carbons (Fsp3) is 0.643. The predicted molar refractivity (Wildman–Crippen MR) is 73.9 cm³/mol. The van der Waals surface area contributed by atoms with E-state index in [2.05, 4.69) is 10.6 Å². The number of esters is 1. The first-order valence-corrected chi connectivity index (χ1v) is 6.95. The summed E-state index contributed by atoms with van der Waals surface area (Å²) in [5.41, 5.74) is 0. The molecule has 0 saturated carbocycles. The van der Waals surface area contributed by atoms with Gasteiger partial charge in [-0.3, -0.25) is 14.9 Å². The zero-order chi connectivity index (χ0) is 15.0. The monoisotopic (exact) mass is 282 g/mol. The number of hydrogen-bond donors (Lipinski definition) is 2. The molecule has 0 heterocycles. The summed E-state index contributed by atoms with van der Waals surface area (Å²) in [6, 6.07) is -0.583. The molecule has 2 N–H and O–H groups in total. The van der Waals surface area contributed by atoms with Gasteiger partial charge in [-0.25, -0.2) is 4.79 Å². The van der Waals surface area contributed by atoms with Crippen molar-refractivity contribution in [3.8, 4) is 0 Å². The van der Waals surface area contributed by atoms with Crippen molar-refractivity contribution in [3.63, 3.8) is 0 Å². The third-order valence-electron chi connectivity index (χ3n) is 3.19. The van der Waals surface area contributed by atoms with E-state index in [1.54, 1.807) is 0 Å². The average molecular weight is 282 g/mol. The molecule has 6 nitrogen and oxygen atoms in total. The quantitative estimate of drug-likeness (QED) is 0.591. The molecule has 3 amide bonds. The first-order valence-electron chi connectivity index (χ1n) is 6.95. The molecule has 2 atom stereocenters. The van der Waals surface area contributed by atoms with Gasteiger partial charge in [0.25, 0.3) is 5.91 Å².